The van der Waals surface area contributed by atoms with Crippen LogP contribution >= 0.6 is 0 Å². The van der Waals surface area contributed by atoms with Crippen molar-refractivity contribution in [1.82, 2.24) is 4.98 Å². The maximum absolute atomic E-state index is 5.69. The standard InChI is InChI=1S/C15H18N2O/c1-2-11-18-15-9-4-3-8-14(15)17-12-13-7-5-6-10-16-13/h3-10,17H,2,11-12H2,1H3. The van der Waals surface area contributed by atoms with Crippen molar-refractivity contribution < 1.29 is 4.74 Å². The predicted molar refractivity (Wildman–Crippen MR) is 73.8 cm³/mol. The van der Waals surface area contributed by atoms with Gasteiger partial charge in [0.25, 0.3) is 0 Å². The van der Waals surface area contributed by atoms with Gasteiger partial charge in [-0.25, -0.2) is 0 Å². The van der Waals surface area contributed by atoms with Gasteiger partial charge in [-0.05, 0) is 30.7 Å². The Morgan fingerprint density at radius 1 is 1.11 bits per heavy atom. The molecule has 0 unspecified atom stereocenters. The molecule has 0 spiro atoms. The van der Waals surface area contributed by atoms with Gasteiger partial charge in [-0.15, -0.1) is 0 Å². The molecule has 0 atom stereocenters. The van der Waals surface area contributed by atoms with Crippen LogP contribution < -0.4 is 10.1 Å². The van der Waals surface area contributed by atoms with Crippen LogP contribution in [0.5, 0.6) is 5.75 Å². The average molecular weight is 242 g/mol. The second-order valence-electron chi connectivity index (χ2n) is 4.02. The molecule has 2 aromatic rings. The predicted octanol–water partition coefficient (Wildman–Crippen LogP) is 3.48. The Morgan fingerprint density at radius 3 is 2.72 bits per heavy atom. The summed E-state index contributed by atoms with van der Waals surface area (Å²) in [7, 11) is 0. The Labute approximate surface area is 108 Å². The summed E-state index contributed by atoms with van der Waals surface area (Å²) in [4.78, 5) is 4.28. The van der Waals surface area contributed by atoms with Crippen LogP contribution in [-0.4, -0.2) is 11.6 Å². The average Bonchev–Trinajstić information content (AvgIpc) is 2.45. The van der Waals surface area contributed by atoms with Crippen LogP contribution in [0.25, 0.3) is 0 Å². The number of pyridine rings is 1. The maximum atomic E-state index is 5.69. The minimum Gasteiger partial charge on any atom is -0.491 e. The highest BCUT2D eigenvalue weighted by atomic mass is 16.5. The lowest BCUT2D eigenvalue weighted by atomic mass is 10.2. The van der Waals surface area contributed by atoms with E-state index in [9.17, 15) is 0 Å². The summed E-state index contributed by atoms with van der Waals surface area (Å²) < 4.78 is 5.69. The van der Waals surface area contributed by atoms with Crippen LogP contribution in [0, 0.1) is 0 Å². The molecule has 1 heterocycles. The number of hydrogen-bond acceptors (Lipinski definition) is 3. The minimum absolute atomic E-state index is 0.702. The molecule has 0 aliphatic heterocycles. The number of nitrogens with zero attached hydrogens (tertiary/aromatic N) is 1. The van der Waals surface area contributed by atoms with Crippen molar-refractivity contribution in [2.24, 2.45) is 0 Å². The monoisotopic (exact) mass is 242 g/mol. The largest absolute Gasteiger partial charge is 0.491 e. The molecule has 0 aliphatic carbocycles. The molecule has 0 fully saturated rings. The van der Waals surface area contributed by atoms with Crippen LogP contribution in [0.1, 0.15) is 19.0 Å². The van der Waals surface area contributed by atoms with Gasteiger partial charge < -0.3 is 10.1 Å². The first-order valence-corrected chi connectivity index (χ1v) is 6.25. The SMILES string of the molecule is CCCOc1ccccc1NCc1ccccn1. The van der Waals surface area contributed by atoms with E-state index in [1.54, 1.807) is 6.20 Å². The summed E-state index contributed by atoms with van der Waals surface area (Å²) in [5, 5.41) is 3.35. The molecule has 18 heavy (non-hydrogen) atoms. The fourth-order valence-electron chi connectivity index (χ4n) is 1.64. The van der Waals surface area contributed by atoms with Gasteiger partial charge in [-0.2, -0.15) is 0 Å². The molecule has 3 heteroatoms. The van der Waals surface area contributed by atoms with Crippen LogP contribution in [-0.2, 0) is 6.54 Å². The minimum atomic E-state index is 0.702. The smallest absolute Gasteiger partial charge is 0.142 e. The summed E-state index contributed by atoms with van der Waals surface area (Å²) in [5.74, 6) is 0.898. The molecule has 0 radical (unpaired) electrons. The second kappa shape index (κ2) is 6.64. The Hall–Kier alpha value is -2.03. The van der Waals surface area contributed by atoms with Crippen molar-refractivity contribution in [2.75, 3.05) is 11.9 Å². The number of benzene rings is 1. The fraction of sp³-hybridized carbons (Fsp3) is 0.267. The van der Waals surface area contributed by atoms with Gasteiger partial charge in [0.1, 0.15) is 5.75 Å². The van der Waals surface area contributed by atoms with E-state index in [4.69, 9.17) is 4.74 Å². The second-order valence-corrected chi connectivity index (χ2v) is 4.02. The number of ether oxygens (including phenoxy) is 1. The molecule has 0 saturated heterocycles. The highest BCUT2D eigenvalue weighted by Gasteiger charge is 2.02. The van der Waals surface area contributed by atoms with Crippen molar-refractivity contribution in [2.45, 2.75) is 19.9 Å². The Bertz CT molecular complexity index is 471. The van der Waals surface area contributed by atoms with E-state index in [2.05, 4.69) is 17.2 Å². The Kier molecular flexibility index (Phi) is 4.59. The van der Waals surface area contributed by atoms with E-state index in [1.165, 1.54) is 0 Å². The molecule has 1 aromatic heterocycles. The summed E-state index contributed by atoms with van der Waals surface area (Å²) in [6.45, 7) is 3.54. The Balaban J connectivity index is 2.00. The van der Waals surface area contributed by atoms with Gasteiger partial charge in [0.05, 0.1) is 24.5 Å². The van der Waals surface area contributed by atoms with Crippen LogP contribution in [0.3, 0.4) is 0 Å². The third-order valence-electron chi connectivity index (χ3n) is 2.53. The van der Waals surface area contributed by atoms with Crippen molar-refractivity contribution in [3.05, 3.63) is 54.4 Å². The first-order valence-electron chi connectivity index (χ1n) is 6.25. The molecule has 1 aromatic carbocycles. The lowest BCUT2D eigenvalue weighted by Crippen LogP contribution is -2.04. The molecule has 0 aliphatic rings. The lowest BCUT2D eigenvalue weighted by Gasteiger charge is -2.12. The van der Waals surface area contributed by atoms with Crippen LogP contribution in [0.2, 0.25) is 0 Å². The first-order chi connectivity index (χ1) is 8.90. The normalized spacial score (nSPS) is 10.1. The summed E-state index contributed by atoms with van der Waals surface area (Å²) in [6, 6.07) is 13.9. The molecule has 94 valence electrons. The van der Waals surface area contributed by atoms with E-state index in [-0.39, 0.29) is 0 Å². The highest BCUT2D eigenvalue weighted by molar-refractivity contribution is 5.56. The number of hydrogen-bond donors (Lipinski definition) is 1. The van der Waals surface area contributed by atoms with Crippen LogP contribution in [0.15, 0.2) is 48.7 Å². The van der Waals surface area contributed by atoms with Crippen LogP contribution in [0.4, 0.5) is 5.69 Å². The molecule has 0 amide bonds. The third-order valence-corrected chi connectivity index (χ3v) is 2.53. The van der Waals surface area contributed by atoms with Crippen molar-refractivity contribution in [1.29, 1.82) is 0 Å². The maximum Gasteiger partial charge on any atom is 0.142 e. The zero-order chi connectivity index (χ0) is 12.6. The number of rotatable bonds is 6. The van der Waals surface area contributed by atoms with E-state index >= 15 is 0 Å². The van der Waals surface area contributed by atoms with Crippen molar-refractivity contribution >= 4 is 5.69 Å². The van der Waals surface area contributed by atoms with E-state index < -0.39 is 0 Å². The third kappa shape index (κ3) is 3.48. The summed E-state index contributed by atoms with van der Waals surface area (Å²) in [6.07, 6.45) is 2.81. The Morgan fingerprint density at radius 2 is 1.94 bits per heavy atom. The van der Waals surface area contributed by atoms with Gasteiger partial charge in [0, 0.05) is 6.20 Å². The van der Waals surface area contributed by atoms with Gasteiger partial charge >= 0.3 is 0 Å². The molecule has 2 rings (SSSR count). The van der Waals surface area contributed by atoms with Crippen molar-refractivity contribution in [3.63, 3.8) is 0 Å². The molecular formula is C15H18N2O. The molecular weight excluding hydrogens is 224 g/mol. The number of para-hydroxylation sites is 2. The van der Waals surface area contributed by atoms with Gasteiger partial charge in [0.15, 0.2) is 0 Å². The lowest BCUT2D eigenvalue weighted by molar-refractivity contribution is 0.319. The zero-order valence-electron chi connectivity index (χ0n) is 10.6. The zero-order valence-corrected chi connectivity index (χ0v) is 10.6. The number of aromatic nitrogens is 1. The fourth-order valence-corrected chi connectivity index (χ4v) is 1.64. The van der Waals surface area contributed by atoms with E-state index in [1.807, 2.05) is 42.5 Å². The number of anilines is 1. The molecule has 0 saturated carbocycles. The van der Waals surface area contributed by atoms with E-state index in [0.717, 1.165) is 30.2 Å². The first kappa shape index (κ1) is 12.4. The quantitative estimate of drug-likeness (QED) is 0.842. The molecule has 1 N–H and O–H groups in total. The summed E-state index contributed by atoms with van der Waals surface area (Å²) in [5.41, 5.74) is 2.03. The molecule has 3 nitrogen and oxygen atoms in total. The van der Waals surface area contributed by atoms with Gasteiger partial charge in [0.2, 0.25) is 0 Å². The van der Waals surface area contributed by atoms with Gasteiger partial charge in [-0.1, -0.05) is 25.1 Å². The summed E-state index contributed by atoms with van der Waals surface area (Å²) >= 11 is 0. The highest BCUT2D eigenvalue weighted by Crippen LogP contribution is 2.24. The molecule has 0 bridgehead atoms. The van der Waals surface area contributed by atoms with Gasteiger partial charge in [-0.3, -0.25) is 4.98 Å². The topological polar surface area (TPSA) is 34.1 Å². The van der Waals surface area contributed by atoms with Crippen molar-refractivity contribution in [3.8, 4) is 5.75 Å². The van der Waals surface area contributed by atoms with E-state index in [0.29, 0.717) is 6.54 Å². The number of nitrogens with one attached hydrogen (secondary N) is 1.